The Bertz CT molecular complexity index is 586. The maximum atomic E-state index is 11.6. The van der Waals surface area contributed by atoms with E-state index in [9.17, 15) is 4.79 Å². The molecular formula is C12H14BrN3O. The van der Waals surface area contributed by atoms with Crippen molar-refractivity contribution in [3.8, 4) is 0 Å². The Kier molecular flexibility index (Phi) is 3.47. The maximum absolute atomic E-state index is 11.6. The lowest BCUT2D eigenvalue weighted by atomic mass is 10.3. The Labute approximate surface area is 108 Å². The summed E-state index contributed by atoms with van der Waals surface area (Å²) in [7, 11) is 1.90. The van der Waals surface area contributed by atoms with Crippen LogP contribution in [-0.2, 0) is 20.0 Å². The van der Waals surface area contributed by atoms with E-state index < -0.39 is 0 Å². The minimum Gasteiger partial charge on any atom is -0.310 e. The van der Waals surface area contributed by atoms with E-state index in [1.54, 1.807) is 22.9 Å². The number of aromatic nitrogens is 3. The van der Waals surface area contributed by atoms with Crippen LogP contribution in [0.15, 0.2) is 33.7 Å². The van der Waals surface area contributed by atoms with E-state index in [-0.39, 0.29) is 5.56 Å². The van der Waals surface area contributed by atoms with Gasteiger partial charge in [-0.3, -0.25) is 9.48 Å². The molecule has 5 heteroatoms. The summed E-state index contributed by atoms with van der Waals surface area (Å²) in [6.45, 7) is 2.59. The Morgan fingerprint density at radius 3 is 2.76 bits per heavy atom. The highest BCUT2D eigenvalue weighted by molar-refractivity contribution is 9.10. The van der Waals surface area contributed by atoms with Gasteiger partial charge in [-0.05, 0) is 28.4 Å². The first-order valence-electron chi connectivity index (χ1n) is 5.49. The van der Waals surface area contributed by atoms with Crippen LogP contribution < -0.4 is 5.56 Å². The second-order valence-corrected chi connectivity index (χ2v) is 4.64. The van der Waals surface area contributed by atoms with Gasteiger partial charge in [0.1, 0.15) is 0 Å². The highest BCUT2D eigenvalue weighted by Gasteiger charge is 2.12. The van der Waals surface area contributed by atoms with E-state index in [2.05, 4.69) is 28.0 Å². The zero-order valence-electron chi connectivity index (χ0n) is 9.85. The van der Waals surface area contributed by atoms with Crippen LogP contribution in [0.3, 0.4) is 0 Å². The van der Waals surface area contributed by atoms with Gasteiger partial charge in [0.05, 0.1) is 22.4 Å². The molecule has 2 rings (SSSR count). The van der Waals surface area contributed by atoms with Gasteiger partial charge in [0, 0.05) is 19.3 Å². The minimum atomic E-state index is -0.00125. The lowest BCUT2D eigenvalue weighted by Gasteiger charge is -2.05. The topological polar surface area (TPSA) is 39.8 Å². The molecule has 17 heavy (non-hydrogen) atoms. The molecule has 0 aliphatic carbocycles. The van der Waals surface area contributed by atoms with E-state index in [0.29, 0.717) is 6.54 Å². The fraction of sp³-hybridized carbons (Fsp3) is 0.333. The first-order chi connectivity index (χ1) is 8.13. The Morgan fingerprint density at radius 2 is 2.18 bits per heavy atom. The van der Waals surface area contributed by atoms with Gasteiger partial charge in [-0.2, -0.15) is 5.10 Å². The summed E-state index contributed by atoms with van der Waals surface area (Å²) in [6.07, 6.45) is 2.66. The van der Waals surface area contributed by atoms with E-state index in [0.717, 1.165) is 22.3 Å². The zero-order chi connectivity index (χ0) is 12.4. The largest absolute Gasteiger partial charge is 0.310 e. The third-order valence-corrected chi connectivity index (χ3v) is 3.64. The third-order valence-electron chi connectivity index (χ3n) is 2.72. The van der Waals surface area contributed by atoms with Crippen molar-refractivity contribution in [2.24, 2.45) is 7.05 Å². The molecule has 4 nitrogen and oxygen atoms in total. The minimum absolute atomic E-state index is 0.00125. The maximum Gasteiger partial charge on any atom is 0.250 e. The molecule has 2 heterocycles. The van der Waals surface area contributed by atoms with Gasteiger partial charge in [0.25, 0.3) is 5.56 Å². The second-order valence-electron chi connectivity index (χ2n) is 3.85. The number of hydrogen-bond acceptors (Lipinski definition) is 2. The molecule has 2 aromatic heterocycles. The van der Waals surface area contributed by atoms with Crippen LogP contribution in [0.4, 0.5) is 0 Å². The normalized spacial score (nSPS) is 10.8. The highest BCUT2D eigenvalue weighted by atomic mass is 79.9. The summed E-state index contributed by atoms with van der Waals surface area (Å²) >= 11 is 3.55. The van der Waals surface area contributed by atoms with Crippen LogP contribution in [0, 0.1) is 0 Å². The molecule has 90 valence electrons. The average Bonchev–Trinajstić information content (AvgIpc) is 2.59. The van der Waals surface area contributed by atoms with Crippen molar-refractivity contribution in [2.45, 2.75) is 19.9 Å². The molecule has 2 aromatic rings. The summed E-state index contributed by atoms with van der Waals surface area (Å²) in [5.74, 6) is 0. The Hall–Kier alpha value is -1.36. The van der Waals surface area contributed by atoms with Crippen LogP contribution in [0.25, 0.3) is 0 Å². The zero-order valence-corrected chi connectivity index (χ0v) is 11.4. The SMILES string of the molecule is CCc1nn(C)c(Cn2ccccc2=O)c1Br. The van der Waals surface area contributed by atoms with Crippen molar-refractivity contribution in [3.63, 3.8) is 0 Å². The number of pyridine rings is 1. The van der Waals surface area contributed by atoms with E-state index in [1.165, 1.54) is 0 Å². The number of hydrogen-bond donors (Lipinski definition) is 0. The quantitative estimate of drug-likeness (QED) is 0.868. The molecule has 0 aliphatic rings. The molecule has 0 saturated carbocycles. The second kappa shape index (κ2) is 4.87. The van der Waals surface area contributed by atoms with Crippen molar-refractivity contribution in [1.29, 1.82) is 0 Å². The van der Waals surface area contributed by atoms with E-state index in [4.69, 9.17) is 0 Å². The number of rotatable bonds is 3. The number of aryl methyl sites for hydroxylation is 2. The predicted octanol–water partition coefficient (Wildman–Crippen LogP) is 1.96. The van der Waals surface area contributed by atoms with Gasteiger partial charge < -0.3 is 4.57 Å². The lowest BCUT2D eigenvalue weighted by Crippen LogP contribution is -2.19. The molecule has 0 bridgehead atoms. The van der Waals surface area contributed by atoms with Gasteiger partial charge >= 0.3 is 0 Å². The van der Waals surface area contributed by atoms with Crippen LogP contribution in [-0.4, -0.2) is 14.3 Å². The summed E-state index contributed by atoms with van der Waals surface area (Å²) in [5.41, 5.74) is 2.03. The van der Waals surface area contributed by atoms with Gasteiger partial charge in [0.15, 0.2) is 0 Å². The highest BCUT2D eigenvalue weighted by Crippen LogP contribution is 2.21. The van der Waals surface area contributed by atoms with Crippen molar-refractivity contribution in [2.75, 3.05) is 0 Å². The van der Waals surface area contributed by atoms with Crippen molar-refractivity contribution in [1.82, 2.24) is 14.3 Å². The van der Waals surface area contributed by atoms with Crippen LogP contribution in [0.2, 0.25) is 0 Å². The molecule has 0 aliphatic heterocycles. The Balaban J connectivity index is 2.40. The van der Waals surface area contributed by atoms with Crippen molar-refractivity contribution < 1.29 is 0 Å². The van der Waals surface area contributed by atoms with Crippen LogP contribution >= 0.6 is 15.9 Å². The molecular weight excluding hydrogens is 282 g/mol. The molecule has 0 radical (unpaired) electrons. The van der Waals surface area contributed by atoms with E-state index in [1.807, 2.05) is 17.8 Å². The molecule has 0 fully saturated rings. The van der Waals surface area contributed by atoms with Crippen molar-refractivity contribution >= 4 is 15.9 Å². The number of nitrogens with zero attached hydrogens (tertiary/aromatic N) is 3. The first kappa shape index (κ1) is 12.1. The molecule has 0 atom stereocenters. The average molecular weight is 296 g/mol. The molecule has 0 aromatic carbocycles. The molecule has 0 unspecified atom stereocenters. The molecule has 0 spiro atoms. The van der Waals surface area contributed by atoms with Crippen LogP contribution in [0.1, 0.15) is 18.3 Å². The fourth-order valence-electron chi connectivity index (χ4n) is 1.74. The lowest BCUT2D eigenvalue weighted by molar-refractivity contribution is 0.648. The van der Waals surface area contributed by atoms with Gasteiger partial charge in [-0.15, -0.1) is 0 Å². The van der Waals surface area contributed by atoms with Crippen molar-refractivity contribution in [3.05, 3.63) is 50.6 Å². The summed E-state index contributed by atoms with van der Waals surface area (Å²) in [6, 6.07) is 5.16. The smallest absolute Gasteiger partial charge is 0.250 e. The summed E-state index contributed by atoms with van der Waals surface area (Å²) in [4.78, 5) is 11.6. The van der Waals surface area contributed by atoms with Crippen LogP contribution in [0.5, 0.6) is 0 Å². The van der Waals surface area contributed by atoms with Gasteiger partial charge in [0.2, 0.25) is 0 Å². The monoisotopic (exact) mass is 295 g/mol. The predicted molar refractivity (Wildman–Crippen MR) is 70.1 cm³/mol. The third kappa shape index (κ3) is 2.34. The standard InChI is InChI=1S/C12H14BrN3O/c1-3-9-12(13)10(15(2)14-9)8-16-7-5-4-6-11(16)17/h4-7H,3,8H2,1-2H3. The fourth-order valence-corrected chi connectivity index (χ4v) is 2.49. The number of halogens is 1. The molecule has 0 N–H and O–H groups in total. The van der Waals surface area contributed by atoms with E-state index >= 15 is 0 Å². The summed E-state index contributed by atoms with van der Waals surface area (Å²) in [5, 5.41) is 4.41. The molecule has 0 amide bonds. The van der Waals surface area contributed by atoms with Gasteiger partial charge in [-0.1, -0.05) is 13.0 Å². The first-order valence-corrected chi connectivity index (χ1v) is 6.28. The Morgan fingerprint density at radius 1 is 1.41 bits per heavy atom. The molecule has 0 saturated heterocycles. The van der Waals surface area contributed by atoms with Gasteiger partial charge in [-0.25, -0.2) is 0 Å². The summed E-state index contributed by atoms with van der Waals surface area (Å²) < 4.78 is 4.49.